The van der Waals surface area contributed by atoms with E-state index < -0.39 is 0 Å². The lowest BCUT2D eigenvalue weighted by atomic mass is 10.1. The molecular weight excluding hydrogens is 458 g/mol. The van der Waals surface area contributed by atoms with E-state index in [1.54, 1.807) is 26.4 Å². The van der Waals surface area contributed by atoms with Crippen LogP contribution in [0, 0.1) is 27.7 Å². The van der Waals surface area contributed by atoms with Crippen LogP contribution in [-0.2, 0) is 13.2 Å². The molecule has 188 valence electrons. The van der Waals surface area contributed by atoms with Crippen LogP contribution < -0.4 is 19.5 Å². The monoisotopic (exact) mass is 489 g/mol. The molecule has 0 aliphatic carbocycles. The summed E-state index contributed by atoms with van der Waals surface area (Å²) in [6.45, 7) is 8.58. The van der Waals surface area contributed by atoms with E-state index in [-0.39, 0.29) is 18.3 Å². The van der Waals surface area contributed by atoms with Gasteiger partial charge in [0.25, 0.3) is 5.91 Å². The van der Waals surface area contributed by atoms with Crippen molar-refractivity contribution >= 4 is 11.6 Å². The normalized spacial score (nSPS) is 10.8. The van der Waals surface area contributed by atoms with Crippen molar-refractivity contribution in [3.05, 3.63) is 88.1 Å². The molecule has 4 aromatic rings. The number of hydrogen-bond acceptors (Lipinski definition) is 6. The number of carbonyl (C=O) groups is 1. The Morgan fingerprint density at radius 2 is 1.67 bits per heavy atom. The molecule has 0 bridgehead atoms. The molecule has 0 saturated heterocycles. The van der Waals surface area contributed by atoms with Gasteiger partial charge in [-0.15, -0.1) is 0 Å². The number of furan rings is 1. The molecule has 8 nitrogen and oxygen atoms in total. The van der Waals surface area contributed by atoms with Crippen molar-refractivity contribution < 1.29 is 23.4 Å². The van der Waals surface area contributed by atoms with Crippen LogP contribution in [0.3, 0.4) is 0 Å². The minimum atomic E-state index is -0.343. The molecule has 2 aromatic heterocycles. The second kappa shape index (κ2) is 10.6. The lowest BCUT2D eigenvalue weighted by molar-refractivity contribution is 0.0992. The Labute approximate surface area is 210 Å². The van der Waals surface area contributed by atoms with E-state index in [1.807, 2.05) is 62.7 Å². The molecule has 0 aliphatic heterocycles. The summed E-state index contributed by atoms with van der Waals surface area (Å²) in [6, 6.07) is 15.2. The number of benzene rings is 2. The van der Waals surface area contributed by atoms with Crippen LogP contribution in [0.15, 0.2) is 52.9 Å². The van der Waals surface area contributed by atoms with E-state index in [1.165, 1.54) is 0 Å². The number of ether oxygens (including phenoxy) is 3. The van der Waals surface area contributed by atoms with Gasteiger partial charge in [0, 0.05) is 0 Å². The molecular formula is C28H31N3O5. The summed E-state index contributed by atoms with van der Waals surface area (Å²) in [6.07, 6.45) is 0. The quantitative estimate of drug-likeness (QED) is 0.329. The van der Waals surface area contributed by atoms with Crippen LogP contribution in [-0.4, -0.2) is 29.9 Å². The first-order chi connectivity index (χ1) is 17.3. The molecule has 2 aromatic carbocycles. The molecule has 0 spiro atoms. The van der Waals surface area contributed by atoms with Gasteiger partial charge in [-0.25, -0.2) is 0 Å². The maximum atomic E-state index is 12.9. The van der Waals surface area contributed by atoms with Gasteiger partial charge in [-0.1, -0.05) is 12.1 Å². The largest absolute Gasteiger partial charge is 0.493 e. The smallest absolute Gasteiger partial charge is 0.291 e. The summed E-state index contributed by atoms with van der Waals surface area (Å²) < 4.78 is 24.1. The maximum absolute atomic E-state index is 12.9. The van der Waals surface area contributed by atoms with Gasteiger partial charge in [0.1, 0.15) is 18.1 Å². The Hall–Kier alpha value is -4.20. The molecule has 8 heteroatoms. The van der Waals surface area contributed by atoms with Gasteiger partial charge in [0.15, 0.2) is 17.3 Å². The number of aromatic nitrogens is 2. The molecule has 36 heavy (non-hydrogen) atoms. The van der Waals surface area contributed by atoms with Gasteiger partial charge < -0.3 is 23.9 Å². The zero-order valence-electron chi connectivity index (χ0n) is 21.5. The Morgan fingerprint density at radius 3 is 2.36 bits per heavy atom. The number of anilines is 1. The molecule has 1 N–H and O–H groups in total. The predicted octanol–water partition coefficient (Wildman–Crippen LogP) is 5.61. The third-order valence-electron chi connectivity index (χ3n) is 5.86. The van der Waals surface area contributed by atoms with Crippen molar-refractivity contribution in [2.45, 2.75) is 40.8 Å². The lowest BCUT2D eigenvalue weighted by Crippen LogP contribution is -2.12. The molecule has 0 radical (unpaired) electrons. The van der Waals surface area contributed by atoms with Crippen molar-refractivity contribution in [1.82, 2.24) is 9.78 Å². The molecule has 1 amide bonds. The zero-order valence-corrected chi connectivity index (χ0v) is 21.5. The van der Waals surface area contributed by atoms with E-state index in [0.717, 1.165) is 28.1 Å². The summed E-state index contributed by atoms with van der Waals surface area (Å²) in [4.78, 5) is 12.9. The van der Waals surface area contributed by atoms with Gasteiger partial charge in [-0.3, -0.25) is 9.48 Å². The Morgan fingerprint density at radius 1 is 0.944 bits per heavy atom. The van der Waals surface area contributed by atoms with Gasteiger partial charge in [-0.05, 0) is 80.8 Å². The topological polar surface area (TPSA) is 87.8 Å². The van der Waals surface area contributed by atoms with E-state index in [4.69, 9.17) is 18.6 Å². The van der Waals surface area contributed by atoms with Crippen molar-refractivity contribution in [1.29, 1.82) is 0 Å². The number of nitrogens with zero attached hydrogens (tertiary/aromatic N) is 2. The SMILES string of the molecule is COc1ccc(Cn2nc(C)c(NC(=O)c3ccc(COc4cc(C)cc(C)c4)o3)c2C)cc1OC. The van der Waals surface area contributed by atoms with Crippen molar-refractivity contribution in [2.24, 2.45) is 0 Å². The fourth-order valence-corrected chi connectivity index (χ4v) is 4.11. The van der Waals surface area contributed by atoms with Gasteiger partial charge in [0.2, 0.25) is 0 Å². The highest BCUT2D eigenvalue weighted by molar-refractivity contribution is 6.02. The summed E-state index contributed by atoms with van der Waals surface area (Å²) in [5, 5.41) is 7.55. The first-order valence-corrected chi connectivity index (χ1v) is 11.6. The average Bonchev–Trinajstić information content (AvgIpc) is 3.42. The molecule has 0 fully saturated rings. The van der Waals surface area contributed by atoms with Crippen LogP contribution in [0.4, 0.5) is 5.69 Å². The number of amides is 1. The average molecular weight is 490 g/mol. The van der Waals surface area contributed by atoms with Crippen LogP contribution >= 0.6 is 0 Å². The van der Waals surface area contributed by atoms with Crippen molar-refractivity contribution in [3.8, 4) is 17.2 Å². The first-order valence-electron chi connectivity index (χ1n) is 11.6. The van der Waals surface area contributed by atoms with Crippen molar-refractivity contribution in [3.63, 3.8) is 0 Å². The van der Waals surface area contributed by atoms with Crippen LogP contribution in [0.1, 0.15) is 44.4 Å². The Kier molecular flexibility index (Phi) is 7.33. The highest BCUT2D eigenvalue weighted by Crippen LogP contribution is 2.29. The highest BCUT2D eigenvalue weighted by atomic mass is 16.5. The number of nitrogens with one attached hydrogen (secondary N) is 1. The van der Waals surface area contributed by atoms with E-state index in [9.17, 15) is 4.79 Å². The number of aryl methyl sites for hydroxylation is 3. The Bertz CT molecular complexity index is 1370. The van der Waals surface area contributed by atoms with Gasteiger partial charge in [0.05, 0.1) is 37.8 Å². The molecule has 0 saturated carbocycles. The fraction of sp³-hybridized carbons (Fsp3) is 0.286. The van der Waals surface area contributed by atoms with Gasteiger partial charge in [-0.2, -0.15) is 5.10 Å². The number of carbonyl (C=O) groups excluding carboxylic acids is 1. The molecule has 0 unspecified atom stereocenters. The number of methoxy groups -OCH3 is 2. The molecule has 2 heterocycles. The summed E-state index contributed by atoms with van der Waals surface area (Å²) in [5.41, 5.74) is 5.45. The van der Waals surface area contributed by atoms with E-state index >= 15 is 0 Å². The molecule has 4 rings (SSSR count). The van der Waals surface area contributed by atoms with Crippen LogP contribution in [0.25, 0.3) is 0 Å². The zero-order chi connectivity index (χ0) is 25.8. The molecule has 0 atom stereocenters. The predicted molar refractivity (Wildman–Crippen MR) is 137 cm³/mol. The summed E-state index contributed by atoms with van der Waals surface area (Å²) >= 11 is 0. The fourth-order valence-electron chi connectivity index (χ4n) is 4.11. The third kappa shape index (κ3) is 5.54. The van der Waals surface area contributed by atoms with E-state index in [2.05, 4.69) is 16.5 Å². The standard InChI is InChI=1S/C28H31N3O5/c1-17-11-18(2)13-23(12-17)35-16-22-8-10-25(36-22)28(32)29-27-19(3)30-31(20(27)4)15-21-7-9-24(33-5)26(14-21)34-6/h7-14H,15-16H2,1-6H3,(H,29,32). The number of hydrogen-bond donors (Lipinski definition) is 1. The lowest BCUT2D eigenvalue weighted by Gasteiger charge is -2.11. The van der Waals surface area contributed by atoms with Crippen molar-refractivity contribution in [2.75, 3.05) is 19.5 Å². The minimum Gasteiger partial charge on any atom is -0.493 e. The second-order valence-electron chi connectivity index (χ2n) is 8.72. The number of rotatable bonds is 9. The van der Waals surface area contributed by atoms with Gasteiger partial charge >= 0.3 is 0 Å². The Balaban J connectivity index is 1.43. The maximum Gasteiger partial charge on any atom is 0.291 e. The van der Waals surface area contributed by atoms with Crippen LogP contribution in [0.5, 0.6) is 17.2 Å². The summed E-state index contributed by atoms with van der Waals surface area (Å²) in [5.74, 6) is 2.52. The summed E-state index contributed by atoms with van der Waals surface area (Å²) in [7, 11) is 3.21. The molecule has 0 aliphatic rings. The first kappa shape index (κ1) is 24.9. The highest BCUT2D eigenvalue weighted by Gasteiger charge is 2.18. The van der Waals surface area contributed by atoms with E-state index in [0.29, 0.717) is 35.2 Å². The second-order valence-corrected chi connectivity index (χ2v) is 8.72. The third-order valence-corrected chi connectivity index (χ3v) is 5.86. The minimum absolute atomic E-state index is 0.209. The van der Waals surface area contributed by atoms with Crippen LogP contribution in [0.2, 0.25) is 0 Å².